The summed E-state index contributed by atoms with van der Waals surface area (Å²) in [6.07, 6.45) is 5.47. The van der Waals surface area contributed by atoms with Crippen molar-refractivity contribution in [2.45, 2.75) is 45.4 Å². The maximum absolute atomic E-state index is 10.7. The lowest BCUT2D eigenvalue weighted by Crippen LogP contribution is -2.04. The Morgan fingerprint density at radius 2 is 1.80 bits per heavy atom. The number of hydrogen-bond donors (Lipinski definition) is 2. The van der Waals surface area contributed by atoms with Crippen molar-refractivity contribution in [2.75, 3.05) is 0 Å². The summed E-state index contributed by atoms with van der Waals surface area (Å²) >= 11 is 0. The van der Waals surface area contributed by atoms with Gasteiger partial charge in [-0.25, -0.2) is 4.79 Å². The minimum atomic E-state index is -1.01. The van der Waals surface area contributed by atoms with E-state index in [4.69, 9.17) is 10.2 Å². The highest BCUT2D eigenvalue weighted by Gasteiger charge is 2.08. The van der Waals surface area contributed by atoms with E-state index in [0.29, 0.717) is 0 Å². The van der Waals surface area contributed by atoms with E-state index >= 15 is 0 Å². The van der Waals surface area contributed by atoms with E-state index in [9.17, 15) is 9.59 Å². The fourth-order valence-corrected chi connectivity index (χ4v) is 1.21. The zero-order chi connectivity index (χ0) is 11.7. The number of unbranched alkanes of at least 4 members (excludes halogenated alkanes) is 3. The molecular formula is C11H18O4. The van der Waals surface area contributed by atoms with Crippen LogP contribution in [0.25, 0.3) is 0 Å². The lowest BCUT2D eigenvalue weighted by atomic mass is 10.1. The molecule has 4 nitrogen and oxygen atoms in total. The highest BCUT2D eigenvalue weighted by atomic mass is 16.4. The van der Waals surface area contributed by atoms with Crippen molar-refractivity contribution >= 4 is 11.9 Å². The van der Waals surface area contributed by atoms with Gasteiger partial charge in [0.15, 0.2) is 0 Å². The molecule has 0 saturated heterocycles. The Bertz CT molecular complexity index is 243. The quantitative estimate of drug-likeness (QED) is 0.480. The molecular weight excluding hydrogens is 196 g/mol. The Labute approximate surface area is 89.6 Å². The summed E-state index contributed by atoms with van der Waals surface area (Å²) in [5.41, 5.74) is 0.216. The molecule has 2 N–H and O–H groups in total. The van der Waals surface area contributed by atoms with Gasteiger partial charge >= 0.3 is 11.9 Å². The van der Waals surface area contributed by atoms with Gasteiger partial charge in [-0.3, -0.25) is 4.79 Å². The van der Waals surface area contributed by atoms with Crippen LogP contribution in [-0.2, 0) is 9.59 Å². The number of rotatable bonds is 8. The topological polar surface area (TPSA) is 74.6 Å². The monoisotopic (exact) mass is 214 g/mol. The highest BCUT2D eigenvalue weighted by molar-refractivity contribution is 5.87. The van der Waals surface area contributed by atoms with E-state index in [1.165, 1.54) is 0 Å². The zero-order valence-electron chi connectivity index (χ0n) is 9.03. The van der Waals surface area contributed by atoms with Crippen molar-refractivity contribution in [3.8, 4) is 0 Å². The first-order chi connectivity index (χ1) is 7.07. The van der Waals surface area contributed by atoms with E-state index in [1.54, 1.807) is 6.08 Å². The van der Waals surface area contributed by atoms with E-state index in [0.717, 1.165) is 25.7 Å². The molecule has 0 rings (SSSR count). The van der Waals surface area contributed by atoms with E-state index in [2.05, 4.69) is 6.92 Å². The summed E-state index contributed by atoms with van der Waals surface area (Å²) in [5.74, 6) is -1.97. The van der Waals surface area contributed by atoms with Crippen LogP contribution in [0.2, 0.25) is 0 Å². The molecule has 0 radical (unpaired) electrons. The molecule has 0 heterocycles. The number of allylic oxidation sites excluding steroid dienone is 1. The normalized spacial score (nSPS) is 11.4. The zero-order valence-corrected chi connectivity index (χ0v) is 9.03. The lowest BCUT2D eigenvalue weighted by molar-refractivity contribution is -0.137. The van der Waals surface area contributed by atoms with Gasteiger partial charge in [0.1, 0.15) is 0 Å². The molecule has 0 spiro atoms. The molecule has 0 atom stereocenters. The fraction of sp³-hybridized carbons (Fsp3) is 0.636. The number of carboxylic acids is 2. The van der Waals surface area contributed by atoms with Gasteiger partial charge in [0.25, 0.3) is 0 Å². The molecule has 0 aliphatic carbocycles. The molecule has 0 aromatic rings. The van der Waals surface area contributed by atoms with Gasteiger partial charge in [-0.05, 0) is 19.3 Å². The average Bonchev–Trinajstić information content (AvgIpc) is 2.15. The van der Waals surface area contributed by atoms with Crippen molar-refractivity contribution in [3.05, 3.63) is 11.6 Å². The van der Waals surface area contributed by atoms with Gasteiger partial charge in [-0.2, -0.15) is 0 Å². The summed E-state index contributed by atoms with van der Waals surface area (Å²) < 4.78 is 0. The largest absolute Gasteiger partial charge is 0.481 e. The second kappa shape index (κ2) is 8.03. The Morgan fingerprint density at radius 1 is 1.13 bits per heavy atom. The summed E-state index contributed by atoms with van der Waals surface area (Å²) in [6.45, 7) is 2.08. The molecule has 0 aliphatic rings. The van der Waals surface area contributed by atoms with Crippen LogP contribution in [0.1, 0.15) is 45.4 Å². The van der Waals surface area contributed by atoms with Crippen molar-refractivity contribution in [2.24, 2.45) is 0 Å². The van der Waals surface area contributed by atoms with Gasteiger partial charge in [-0.1, -0.05) is 25.8 Å². The van der Waals surface area contributed by atoms with Crippen molar-refractivity contribution < 1.29 is 19.8 Å². The smallest absolute Gasteiger partial charge is 0.331 e. The Morgan fingerprint density at radius 3 is 2.27 bits per heavy atom. The van der Waals surface area contributed by atoms with Gasteiger partial charge in [0.05, 0.1) is 0 Å². The van der Waals surface area contributed by atoms with Crippen LogP contribution in [0.5, 0.6) is 0 Å². The predicted octanol–water partition coefficient (Wildman–Crippen LogP) is 2.44. The predicted molar refractivity (Wildman–Crippen MR) is 56.7 cm³/mol. The second-order valence-corrected chi connectivity index (χ2v) is 3.42. The number of hydrogen-bond acceptors (Lipinski definition) is 2. The van der Waals surface area contributed by atoms with Gasteiger partial charge < -0.3 is 10.2 Å². The number of aliphatic carboxylic acids is 2. The van der Waals surface area contributed by atoms with E-state index in [1.807, 2.05) is 0 Å². The SMILES string of the molecule is CCCCCC=C(CCC(=O)O)C(=O)O. The van der Waals surface area contributed by atoms with Crippen LogP contribution in [-0.4, -0.2) is 22.2 Å². The van der Waals surface area contributed by atoms with Crippen LogP contribution in [0.4, 0.5) is 0 Å². The fourth-order valence-electron chi connectivity index (χ4n) is 1.21. The molecule has 0 bridgehead atoms. The van der Waals surface area contributed by atoms with Crippen molar-refractivity contribution in [1.82, 2.24) is 0 Å². The Balaban J connectivity index is 4.02. The highest BCUT2D eigenvalue weighted by Crippen LogP contribution is 2.09. The number of carboxylic acid groups (broad SMARTS) is 2. The maximum Gasteiger partial charge on any atom is 0.331 e. The van der Waals surface area contributed by atoms with E-state index < -0.39 is 11.9 Å². The summed E-state index contributed by atoms with van der Waals surface area (Å²) in [4.78, 5) is 21.0. The minimum Gasteiger partial charge on any atom is -0.481 e. The maximum atomic E-state index is 10.7. The molecule has 0 aliphatic heterocycles. The second-order valence-electron chi connectivity index (χ2n) is 3.42. The van der Waals surface area contributed by atoms with Gasteiger partial charge in [0, 0.05) is 12.0 Å². The third kappa shape index (κ3) is 7.73. The Kier molecular flexibility index (Phi) is 7.32. The molecule has 0 amide bonds. The number of carbonyl (C=O) groups is 2. The van der Waals surface area contributed by atoms with E-state index in [-0.39, 0.29) is 18.4 Å². The van der Waals surface area contributed by atoms with Crippen LogP contribution in [0, 0.1) is 0 Å². The lowest BCUT2D eigenvalue weighted by Gasteiger charge is -2.00. The molecule has 4 heteroatoms. The molecule has 0 unspecified atom stereocenters. The van der Waals surface area contributed by atoms with Gasteiger partial charge in [0.2, 0.25) is 0 Å². The van der Waals surface area contributed by atoms with Crippen LogP contribution < -0.4 is 0 Å². The third-order valence-corrected chi connectivity index (χ3v) is 2.08. The average molecular weight is 214 g/mol. The molecule has 0 fully saturated rings. The standard InChI is InChI=1S/C11H18O4/c1-2-3-4-5-6-9(11(14)15)7-8-10(12)13/h6H,2-5,7-8H2,1H3,(H,12,13)(H,14,15). The molecule has 0 saturated carbocycles. The van der Waals surface area contributed by atoms with Crippen molar-refractivity contribution in [1.29, 1.82) is 0 Å². The summed E-state index contributed by atoms with van der Waals surface area (Å²) in [5, 5.41) is 17.2. The first-order valence-electron chi connectivity index (χ1n) is 5.22. The third-order valence-electron chi connectivity index (χ3n) is 2.08. The van der Waals surface area contributed by atoms with Crippen LogP contribution in [0.3, 0.4) is 0 Å². The summed E-state index contributed by atoms with van der Waals surface area (Å²) in [7, 11) is 0. The summed E-state index contributed by atoms with van der Waals surface area (Å²) in [6, 6.07) is 0. The first-order valence-corrected chi connectivity index (χ1v) is 5.22. The molecule has 15 heavy (non-hydrogen) atoms. The first kappa shape index (κ1) is 13.7. The minimum absolute atomic E-state index is 0.108. The molecule has 0 aromatic carbocycles. The van der Waals surface area contributed by atoms with Gasteiger partial charge in [-0.15, -0.1) is 0 Å². The molecule has 86 valence electrons. The molecule has 0 aromatic heterocycles. The van der Waals surface area contributed by atoms with Crippen LogP contribution >= 0.6 is 0 Å². The van der Waals surface area contributed by atoms with Crippen LogP contribution in [0.15, 0.2) is 11.6 Å². The Hall–Kier alpha value is -1.32. The van der Waals surface area contributed by atoms with Crippen molar-refractivity contribution in [3.63, 3.8) is 0 Å².